The van der Waals surface area contributed by atoms with Crippen molar-refractivity contribution in [3.8, 4) is 11.5 Å². The topological polar surface area (TPSA) is 61.6 Å². The molecule has 1 aromatic carbocycles. The second-order valence-corrected chi connectivity index (χ2v) is 2.43. The molecule has 1 rings (SSSR count). The number of carbonyl (C=O) groups is 1. The molecule has 2 N–H and O–H groups in total. The van der Waals surface area contributed by atoms with Gasteiger partial charge in [-0.3, -0.25) is 4.79 Å². The molecule has 0 heterocycles. The normalized spacial score (nSPS) is 9.31. The highest BCUT2D eigenvalue weighted by molar-refractivity contribution is 5.75. The van der Waals surface area contributed by atoms with Gasteiger partial charge in [0.05, 0.1) is 7.11 Å². The number of rotatable bonds is 4. The zero-order chi connectivity index (χ0) is 9.68. The predicted octanol–water partition coefficient (Wildman–Crippen LogP) is 0.559. The Hall–Kier alpha value is -1.71. The summed E-state index contributed by atoms with van der Waals surface area (Å²) >= 11 is 0. The zero-order valence-corrected chi connectivity index (χ0v) is 7.32. The van der Waals surface area contributed by atoms with E-state index in [2.05, 4.69) is 0 Å². The summed E-state index contributed by atoms with van der Waals surface area (Å²) in [6.07, 6.45) is 0. The Morgan fingerprint density at radius 3 is 2.77 bits per heavy atom. The van der Waals surface area contributed by atoms with Crippen LogP contribution < -0.4 is 15.2 Å². The number of methoxy groups -OCH3 is 1. The Morgan fingerprint density at radius 1 is 1.46 bits per heavy atom. The van der Waals surface area contributed by atoms with E-state index in [1.165, 1.54) is 0 Å². The molecular formula is C9H11NO3. The molecule has 0 radical (unpaired) electrons. The lowest BCUT2D eigenvalue weighted by molar-refractivity contribution is -0.119. The van der Waals surface area contributed by atoms with Crippen molar-refractivity contribution in [2.24, 2.45) is 5.73 Å². The average Bonchev–Trinajstić information content (AvgIpc) is 2.15. The molecule has 13 heavy (non-hydrogen) atoms. The minimum atomic E-state index is -0.497. The highest BCUT2D eigenvalue weighted by Crippen LogP contribution is 2.18. The van der Waals surface area contributed by atoms with Crippen molar-refractivity contribution in [2.75, 3.05) is 13.7 Å². The second-order valence-electron chi connectivity index (χ2n) is 2.43. The molecule has 0 aliphatic carbocycles. The molecule has 1 aromatic rings. The third kappa shape index (κ3) is 3.02. The van der Waals surface area contributed by atoms with Gasteiger partial charge in [0.1, 0.15) is 11.5 Å². The number of hydrogen-bond donors (Lipinski definition) is 1. The lowest BCUT2D eigenvalue weighted by atomic mass is 10.3. The van der Waals surface area contributed by atoms with Gasteiger partial charge < -0.3 is 15.2 Å². The fourth-order valence-electron chi connectivity index (χ4n) is 0.845. The van der Waals surface area contributed by atoms with Gasteiger partial charge >= 0.3 is 0 Å². The smallest absolute Gasteiger partial charge is 0.255 e. The van der Waals surface area contributed by atoms with Gasteiger partial charge in [0, 0.05) is 6.07 Å². The zero-order valence-electron chi connectivity index (χ0n) is 7.32. The lowest BCUT2D eigenvalue weighted by Crippen LogP contribution is -2.19. The van der Waals surface area contributed by atoms with Crippen LogP contribution in [0.1, 0.15) is 0 Å². The number of benzene rings is 1. The molecule has 0 atom stereocenters. The summed E-state index contributed by atoms with van der Waals surface area (Å²) in [5, 5.41) is 0. The monoisotopic (exact) mass is 181 g/mol. The molecule has 70 valence electrons. The molecule has 0 saturated heterocycles. The first kappa shape index (κ1) is 9.38. The van der Waals surface area contributed by atoms with Crippen LogP contribution >= 0.6 is 0 Å². The van der Waals surface area contributed by atoms with Gasteiger partial charge in [-0.1, -0.05) is 6.07 Å². The maximum Gasteiger partial charge on any atom is 0.255 e. The molecule has 4 nitrogen and oxygen atoms in total. The number of nitrogens with two attached hydrogens (primary N) is 1. The average molecular weight is 181 g/mol. The standard InChI is InChI=1S/C9H11NO3/c1-12-7-3-2-4-8(5-7)13-6-9(10)11/h2-5H,6H2,1H3,(H2,10,11). The van der Waals surface area contributed by atoms with Gasteiger partial charge in [-0.15, -0.1) is 0 Å². The van der Waals surface area contributed by atoms with E-state index in [0.717, 1.165) is 0 Å². The summed E-state index contributed by atoms with van der Waals surface area (Å²) in [6.45, 7) is -0.118. The van der Waals surface area contributed by atoms with Gasteiger partial charge in [-0.05, 0) is 12.1 Å². The van der Waals surface area contributed by atoms with Crippen molar-refractivity contribution in [2.45, 2.75) is 0 Å². The molecular weight excluding hydrogens is 170 g/mol. The Labute approximate surface area is 76.3 Å². The molecule has 0 bridgehead atoms. The first-order valence-corrected chi connectivity index (χ1v) is 3.77. The van der Waals surface area contributed by atoms with Crippen LogP contribution in [0.4, 0.5) is 0 Å². The summed E-state index contributed by atoms with van der Waals surface area (Å²) in [7, 11) is 1.56. The Balaban J connectivity index is 2.61. The molecule has 0 saturated carbocycles. The van der Waals surface area contributed by atoms with Crippen LogP contribution in [0.15, 0.2) is 24.3 Å². The third-order valence-corrected chi connectivity index (χ3v) is 1.42. The molecule has 1 amide bonds. The van der Waals surface area contributed by atoms with Gasteiger partial charge in [0.25, 0.3) is 5.91 Å². The fraction of sp³-hybridized carbons (Fsp3) is 0.222. The summed E-state index contributed by atoms with van der Waals surface area (Å²) in [5.74, 6) is 0.753. The van der Waals surface area contributed by atoms with Crippen LogP contribution in [0.25, 0.3) is 0 Å². The van der Waals surface area contributed by atoms with Crippen LogP contribution in [-0.2, 0) is 4.79 Å². The largest absolute Gasteiger partial charge is 0.497 e. The molecule has 0 aliphatic rings. The van der Waals surface area contributed by atoms with Gasteiger partial charge in [-0.2, -0.15) is 0 Å². The first-order chi connectivity index (χ1) is 6.22. The maximum absolute atomic E-state index is 10.4. The van der Waals surface area contributed by atoms with Crippen molar-refractivity contribution in [1.29, 1.82) is 0 Å². The van der Waals surface area contributed by atoms with E-state index in [1.807, 2.05) is 0 Å². The van der Waals surface area contributed by atoms with Crippen molar-refractivity contribution < 1.29 is 14.3 Å². The van der Waals surface area contributed by atoms with Crippen molar-refractivity contribution in [1.82, 2.24) is 0 Å². The number of carbonyl (C=O) groups excluding carboxylic acids is 1. The van der Waals surface area contributed by atoms with E-state index in [-0.39, 0.29) is 6.61 Å². The van der Waals surface area contributed by atoms with E-state index in [4.69, 9.17) is 15.2 Å². The van der Waals surface area contributed by atoms with Crippen LogP contribution in [0, 0.1) is 0 Å². The first-order valence-electron chi connectivity index (χ1n) is 3.77. The minimum absolute atomic E-state index is 0.118. The number of hydrogen-bond acceptors (Lipinski definition) is 3. The molecule has 0 unspecified atom stereocenters. The quantitative estimate of drug-likeness (QED) is 0.738. The number of ether oxygens (including phenoxy) is 2. The Bertz CT molecular complexity index is 299. The SMILES string of the molecule is COc1cccc(OCC(N)=O)c1. The summed E-state index contributed by atoms with van der Waals surface area (Å²) in [5.41, 5.74) is 4.92. The van der Waals surface area contributed by atoms with Gasteiger partial charge in [0.15, 0.2) is 6.61 Å². The minimum Gasteiger partial charge on any atom is -0.497 e. The third-order valence-electron chi connectivity index (χ3n) is 1.42. The highest BCUT2D eigenvalue weighted by Gasteiger charge is 1.98. The number of primary amides is 1. The summed E-state index contributed by atoms with van der Waals surface area (Å²) in [6, 6.07) is 6.97. The van der Waals surface area contributed by atoms with Crippen LogP contribution in [-0.4, -0.2) is 19.6 Å². The van der Waals surface area contributed by atoms with Crippen LogP contribution in [0.3, 0.4) is 0 Å². The lowest BCUT2D eigenvalue weighted by Gasteiger charge is -2.04. The summed E-state index contributed by atoms with van der Waals surface area (Å²) in [4.78, 5) is 10.4. The van der Waals surface area contributed by atoms with E-state index < -0.39 is 5.91 Å². The van der Waals surface area contributed by atoms with E-state index >= 15 is 0 Å². The second kappa shape index (κ2) is 4.35. The molecule has 0 aliphatic heterocycles. The van der Waals surface area contributed by atoms with Gasteiger partial charge in [-0.25, -0.2) is 0 Å². The summed E-state index contributed by atoms with van der Waals surface area (Å²) < 4.78 is 10.0. The highest BCUT2D eigenvalue weighted by atomic mass is 16.5. The van der Waals surface area contributed by atoms with Crippen LogP contribution in [0.2, 0.25) is 0 Å². The van der Waals surface area contributed by atoms with Crippen LogP contribution in [0.5, 0.6) is 11.5 Å². The number of amides is 1. The molecule has 0 fully saturated rings. The van der Waals surface area contributed by atoms with E-state index in [0.29, 0.717) is 11.5 Å². The Morgan fingerprint density at radius 2 is 2.15 bits per heavy atom. The van der Waals surface area contributed by atoms with Crippen molar-refractivity contribution in [3.63, 3.8) is 0 Å². The van der Waals surface area contributed by atoms with E-state index in [9.17, 15) is 4.79 Å². The predicted molar refractivity (Wildman–Crippen MR) is 47.7 cm³/mol. The maximum atomic E-state index is 10.4. The molecule has 0 spiro atoms. The molecule has 0 aromatic heterocycles. The molecule has 4 heteroatoms. The van der Waals surface area contributed by atoms with Gasteiger partial charge in [0.2, 0.25) is 0 Å². The fourth-order valence-corrected chi connectivity index (χ4v) is 0.845. The Kier molecular flexibility index (Phi) is 3.14. The van der Waals surface area contributed by atoms with Crippen molar-refractivity contribution >= 4 is 5.91 Å². The van der Waals surface area contributed by atoms with Crippen molar-refractivity contribution in [3.05, 3.63) is 24.3 Å². The van der Waals surface area contributed by atoms with E-state index in [1.54, 1.807) is 31.4 Å².